The summed E-state index contributed by atoms with van der Waals surface area (Å²) < 4.78 is 1.67. The maximum absolute atomic E-state index is 11.2. The molecule has 1 aromatic carbocycles. The molecule has 0 unspecified atom stereocenters. The van der Waals surface area contributed by atoms with Gasteiger partial charge in [-0.25, -0.2) is 4.68 Å². The van der Waals surface area contributed by atoms with Crippen LogP contribution in [0.25, 0.3) is 16.3 Å². The number of nitrogens with one attached hydrogen (secondary N) is 1. The summed E-state index contributed by atoms with van der Waals surface area (Å²) in [6.07, 6.45) is 0. The van der Waals surface area contributed by atoms with E-state index < -0.39 is 0 Å². The zero-order chi connectivity index (χ0) is 15.5. The number of rotatable bonds is 4. The number of hydrogen-bond acceptors (Lipinski definition) is 5. The average molecular weight is 314 g/mol. The van der Waals surface area contributed by atoms with Crippen LogP contribution in [0.5, 0.6) is 0 Å². The molecule has 0 saturated heterocycles. The number of thiophene rings is 1. The van der Waals surface area contributed by atoms with Crippen LogP contribution in [0.3, 0.4) is 0 Å². The quantitative estimate of drug-likeness (QED) is 0.775. The third-order valence-electron chi connectivity index (χ3n) is 3.06. The molecular weight excluding hydrogens is 300 g/mol. The van der Waals surface area contributed by atoms with Crippen molar-refractivity contribution in [2.75, 3.05) is 5.32 Å². The monoisotopic (exact) mass is 314 g/mol. The highest BCUT2D eigenvalue weighted by molar-refractivity contribution is 7.13. The van der Waals surface area contributed by atoms with Crippen molar-refractivity contribution in [2.45, 2.75) is 13.5 Å². The second kappa shape index (κ2) is 6.08. The normalized spacial score (nSPS) is 10.6. The number of aliphatic hydroxyl groups is 1. The summed E-state index contributed by atoms with van der Waals surface area (Å²) in [6, 6.07) is 11.2. The molecule has 0 aliphatic heterocycles. The molecule has 0 spiro atoms. The lowest BCUT2D eigenvalue weighted by atomic mass is 10.2. The molecule has 0 radical (unpaired) electrons. The number of anilines is 1. The average Bonchev–Trinajstić information content (AvgIpc) is 3.15. The standard InChI is InChI=1S/C15H14N4O2S/c1-10(21)16-11-4-2-5-12(8-11)19-15(13(9-20)17-18-19)14-6-3-7-22-14/h2-8,20H,9H2,1H3,(H,16,21). The van der Waals surface area contributed by atoms with E-state index in [1.165, 1.54) is 6.92 Å². The zero-order valence-corrected chi connectivity index (χ0v) is 12.7. The zero-order valence-electron chi connectivity index (χ0n) is 11.9. The number of hydrogen-bond donors (Lipinski definition) is 2. The molecule has 112 valence electrons. The Hall–Kier alpha value is -2.51. The lowest BCUT2D eigenvalue weighted by Gasteiger charge is -2.08. The predicted octanol–water partition coefficient (Wildman–Crippen LogP) is 2.45. The Morgan fingerprint density at radius 3 is 2.91 bits per heavy atom. The molecule has 3 aromatic rings. The maximum Gasteiger partial charge on any atom is 0.221 e. The molecule has 6 nitrogen and oxygen atoms in total. The molecule has 0 fully saturated rings. The molecule has 22 heavy (non-hydrogen) atoms. The fraction of sp³-hybridized carbons (Fsp3) is 0.133. The third-order valence-corrected chi connectivity index (χ3v) is 3.93. The molecule has 1 amide bonds. The van der Waals surface area contributed by atoms with Gasteiger partial charge in [-0.2, -0.15) is 0 Å². The minimum atomic E-state index is -0.182. The summed E-state index contributed by atoms with van der Waals surface area (Å²) in [4.78, 5) is 12.2. The van der Waals surface area contributed by atoms with E-state index in [1.807, 2.05) is 35.7 Å². The van der Waals surface area contributed by atoms with Crippen molar-refractivity contribution >= 4 is 22.9 Å². The Balaban J connectivity index is 2.09. The second-order valence-corrected chi connectivity index (χ2v) is 5.61. The number of aliphatic hydroxyl groups excluding tert-OH is 1. The fourth-order valence-electron chi connectivity index (χ4n) is 2.18. The Kier molecular flexibility index (Phi) is 3.99. The van der Waals surface area contributed by atoms with Crippen molar-refractivity contribution < 1.29 is 9.90 Å². The van der Waals surface area contributed by atoms with Gasteiger partial charge in [0.05, 0.1) is 17.2 Å². The highest BCUT2D eigenvalue weighted by Crippen LogP contribution is 2.29. The first kappa shape index (κ1) is 14.4. The first-order chi connectivity index (χ1) is 10.7. The molecule has 0 aliphatic carbocycles. The van der Waals surface area contributed by atoms with E-state index in [4.69, 9.17) is 0 Å². The number of carbonyl (C=O) groups excluding carboxylic acids is 1. The van der Waals surface area contributed by atoms with Crippen LogP contribution in [0.2, 0.25) is 0 Å². The van der Waals surface area contributed by atoms with Crippen molar-refractivity contribution in [3.8, 4) is 16.3 Å². The fourth-order valence-corrected chi connectivity index (χ4v) is 2.96. The van der Waals surface area contributed by atoms with Gasteiger partial charge in [0.1, 0.15) is 11.4 Å². The molecule has 2 aromatic heterocycles. The minimum absolute atomic E-state index is 0.134. The topological polar surface area (TPSA) is 80.0 Å². The molecular formula is C15H14N4O2S. The summed E-state index contributed by atoms with van der Waals surface area (Å²) in [6.45, 7) is 1.28. The number of carbonyl (C=O) groups is 1. The predicted molar refractivity (Wildman–Crippen MR) is 84.9 cm³/mol. The van der Waals surface area contributed by atoms with Crippen LogP contribution in [-0.2, 0) is 11.4 Å². The highest BCUT2D eigenvalue weighted by Gasteiger charge is 2.16. The molecule has 0 bridgehead atoms. The molecule has 2 N–H and O–H groups in total. The van der Waals surface area contributed by atoms with Crippen LogP contribution in [0, 0.1) is 0 Å². The van der Waals surface area contributed by atoms with E-state index >= 15 is 0 Å². The Morgan fingerprint density at radius 1 is 1.36 bits per heavy atom. The van der Waals surface area contributed by atoms with Crippen LogP contribution in [-0.4, -0.2) is 26.0 Å². The lowest BCUT2D eigenvalue weighted by Crippen LogP contribution is -2.07. The second-order valence-electron chi connectivity index (χ2n) is 4.66. The SMILES string of the molecule is CC(=O)Nc1cccc(-n2nnc(CO)c2-c2cccs2)c1. The van der Waals surface area contributed by atoms with Crippen molar-refractivity contribution in [3.05, 3.63) is 47.5 Å². The number of benzene rings is 1. The van der Waals surface area contributed by atoms with Crippen LogP contribution in [0.15, 0.2) is 41.8 Å². The van der Waals surface area contributed by atoms with Gasteiger partial charge in [-0.1, -0.05) is 17.3 Å². The van der Waals surface area contributed by atoms with E-state index in [-0.39, 0.29) is 12.5 Å². The van der Waals surface area contributed by atoms with Crippen molar-refractivity contribution in [1.29, 1.82) is 0 Å². The molecule has 2 heterocycles. The van der Waals surface area contributed by atoms with E-state index in [0.717, 1.165) is 16.3 Å². The van der Waals surface area contributed by atoms with Gasteiger partial charge in [0.25, 0.3) is 0 Å². The van der Waals surface area contributed by atoms with E-state index in [9.17, 15) is 9.90 Å². The highest BCUT2D eigenvalue weighted by atomic mass is 32.1. The van der Waals surface area contributed by atoms with Gasteiger partial charge in [0, 0.05) is 12.6 Å². The van der Waals surface area contributed by atoms with Gasteiger partial charge in [0.2, 0.25) is 5.91 Å². The van der Waals surface area contributed by atoms with Crippen molar-refractivity contribution in [1.82, 2.24) is 15.0 Å². The van der Waals surface area contributed by atoms with E-state index in [1.54, 1.807) is 22.1 Å². The van der Waals surface area contributed by atoms with Gasteiger partial charge >= 0.3 is 0 Å². The van der Waals surface area contributed by atoms with Gasteiger partial charge < -0.3 is 10.4 Å². The Labute approximate surface area is 131 Å². The maximum atomic E-state index is 11.2. The van der Waals surface area contributed by atoms with Gasteiger partial charge in [-0.05, 0) is 29.6 Å². The van der Waals surface area contributed by atoms with Crippen LogP contribution >= 0.6 is 11.3 Å². The van der Waals surface area contributed by atoms with Gasteiger partial charge in [-0.15, -0.1) is 16.4 Å². The Bertz CT molecular complexity index is 796. The van der Waals surface area contributed by atoms with E-state index in [2.05, 4.69) is 15.6 Å². The van der Waals surface area contributed by atoms with Gasteiger partial charge in [0.15, 0.2) is 0 Å². The molecule has 0 aliphatic rings. The summed E-state index contributed by atoms with van der Waals surface area (Å²) in [5.41, 5.74) is 2.73. The smallest absolute Gasteiger partial charge is 0.221 e. The first-order valence-electron chi connectivity index (χ1n) is 6.66. The summed E-state index contributed by atoms with van der Waals surface area (Å²) in [5.74, 6) is -0.134. The minimum Gasteiger partial charge on any atom is -0.390 e. The number of aromatic nitrogens is 3. The van der Waals surface area contributed by atoms with Crippen LogP contribution in [0.4, 0.5) is 5.69 Å². The first-order valence-corrected chi connectivity index (χ1v) is 7.54. The van der Waals surface area contributed by atoms with E-state index in [0.29, 0.717) is 11.4 Å². The molecule has 0 atom stereocenters. The van der Waals surface area contributed by atoms with Gasteiger partial charge in [-0.3, -0.25) is 4.79 Å². The van der Waals surface area contributed by atoms with Crippen molar-refractivity contribution in [2.24, 2.45) is 0 Å². The van der Waals surface area contributed by atoms with Crippen LogP contribution < -0.4 is 5.32 Å². The molecule has 3 rings (SSSR count). The number of amides is 1. The third kappa shape index (κ3) is 2.76. The number of nitrogens with zero attached hydrogens (tertiary/aromatic N) is 3. The summed E-state index contributed by atoms with van der Waals surface area (Å²) >= 11 is 1.55. The van der Waals surface area contributed by atoms with Crippen molar-refractivity contribution in [3.63, 3.8) is 0 Å². The summed E-state index contributed by atoms with van der Waals surface area (Å²) in [5, 5.41) is 22.4. The van der Waals surface area contributed by atoms with Crippen LogP contribution in [0.1, 0.15) is 12.6 Å². The molecule has 0 saturated carbocycles. The molecule has 7 heteroatoms. The Morgan fingerprint density at radius 2 is 2.23 bits per heavy atom. The lowest BCUT2D eigenvalue weighted by molar-refractivity contribution is -0.114. The largest absolute Gasteiger partial charge is 0.390 e. The summed E-state index contributed by atoms with van der Waals surface area (Å²) in [7, 11) is 0.